The average molecular weight is 591 g/mol. The van der Waals surface area contributed by atoms with Gasteiger partial charge in [0.15, 0.2) is 0 Å². The van der Waals surface area contributed by atoms with Crippen LogP contribution >= 0.6 is 0 Å². The van der Waals surface area contributed by atoms with E-state index in [1.807, 2.05) is 0 Å². The van der Waals surface area contributed by atoms with Gasteiger partial charge in [-0.15, -0.1) is 30.3 Å². The Morgan fingerprint density at radius 3 is 1.84 bits per heavy atom. The maximum Gasteiger partial charge on any atom is 2.00 e. The van der Waals surface area contributed by atoms with E-state index >= 15 is 0 Å². The molecule has 0 saturated heterocycles. The van der Waals surface area contributed by atoms with Gasteiger partial charge < -0.3 is 9.59 Å². The van der Waals surface area contributed by atoms with Crippen LogP contribution in [-0.4, -0.2) is 21.5 Å². The molecular weight excluding hydrogens is 581 g/mol. The van der Waals surface area contributed by atoms with Gasteiger partial charge in [0.25, 0.3) is 0 Å². The van der Waals surface area contributed by atoms with Crippen molar-refractivity contribution in [1.82, 2.24) is 9.97 Å². The zero-order valence-corrected chi connectivity index (χ0v) is 17.8. The van der Waals surface area contributed by atoms with Crippen molar-refractivity contribution in [2.45, 2.75) is 0 Å². The smallest absolute Gasteiger partial charge is 0.336 e. The van der Waals surface area contributed by atoms with Crippen LogP contribution in [0.4, 0.5) is 8.78 Å². The van der Waals surface area contributed by atoms with Crippen LogP contribution in [0.15, 0.2) is 60.7 Å². The first kappa shape index (κ1) is 20.9. The number of benzene rings is 2. The Labute approximate surface area is 190 Å². The molecule has 4 nitrogen and oxygen atoms in total. The maximum absolute atomic E-state index is 14.4. The van der Waals surface area contributed by atoms with E-state index in [-0.39, 0.29) is 32.3 Å². The van der Waals surface area contributed by atoms with Gasteiger partial charge in [-0.05, 0) is 29.3 Å². The number of carbonyl (C=O) groups is 2. The predicted molar refractivity (Wildman–Crippen MR) is 104 cm³/mol. The zero-order valence-electron chi connectivity index (χ0n) is 15.6. The molecule has 2 aromatic carbocycles. The summed E-state index contributed by atoms with van der Waals surface area (Å²) in [5, 5.41) is 0. The number of hydrogen-bond donors (Lipinski definition) is 0. The molecule has 0 amide bonds. The monoisotopic (exact) mass is 591 g/mol. The van der Waals surface area contributed by atoms with Gasteiger partial charge in [0.2, 0.25) is 0 Å². The van der Waals surface area contributed by atoms with Gasteiger partial charge in [-0.1, -0.05) is 35.4 Å². The second kappa shape index (κ2) is 8.04. The molecule has 4 aromatic rings. The normalized spacial score (nSPS) is 12.1. The van der Waals surface area contributed by atoms with Crippen LogP contribution in [-0.2, 0) is 21.1 Å². The van der Waals surface area contributed by atoms with E-state index in [0.29, 0.717) is 28.7 Å². The van der Waals surface area contributed by atoms with Crippen LogP contribution in [0.2, 0.25) is 0 Å². The first-order valence-corrected chi connectivity index (χ1v) is 8.99. The summed E-state index contributed by atoms with van der Waals surface area (Å²) >= 11 is 0. The van der Waals surface area contributed by atoms with Crippen LogP contribution in [0.3, 0.4) is 0 Å². The third-order valence-electron chi connectivity index (χ3n) is 4.74. The molecule has 0 unspecified atom stereocenters. The summed E-state index contributed by atoms with van der Waals surface area (Å²) in [6, 6.07) is 20.5. The molecular formula is C24H10F2N2O2Pt. The molecule has 1 aliphatic rings. The number of aromatic nitrogens is 2. The van der Waals surface area contributed by atoms with Crippen molar-refractivity contribution in [3.63, 3.8) is 0 Å². The molecule has 5 rings (SSSR count). The third-order valence-corrected chi connectivity index (χ3v) is 4.74. The van der Waals surface area contributed by atoms with Gasteiger partial charge in [-0.25, -0.2) is 0 Å². The molecule has 152 valence electrons. The first-order valence-electron chi connectivity index (χ1n) is 8.99. The molecule has 8 bridgehead atoms. The number of carbonyl (C=O) groups excluding carboxylic acids is 2. The molecule has 7 heteroatoms. The molecule has 2 aromatic heterocycles. The van der Waals surface area contributed by atoms with Crippen molar-refractivity contribution in [3.8, 4) is 22.6 Å². The average Bonchev–Trinajstić information content (AvgIpc) is 2.78. The number of pyridine rings is 2. The summed E-state index contributed by atoms with van der Waals surface area (Å²) in [4.78, 5) is 34.6. The minimum atomic E-state index is -1.12. The van der Waals surface area contributed by atoms with Crippen molar-refractivity contribution in [1.29, 1.82) is 0 Å². The fourth-order valence-electron chi connectivity index (χ4n) is 3.28. The predicted octanol–water partition coefficient (Wildman–Crippen LogP) is 4.46. The minimum absolute atomic E-state index is 0. The van der Waals surface area contributed by atoms with Gasteiger partial charge in [0, 0.05) is 5.69 Å². The molecule has 31 heavy (non-hydrogen) atoms. The summed E-state index contributed by atoms with van der Waals surface area (Å²) in [5.41, 5.74) is 0.845. The van der Waals surface area contributed by atoms with Crippen molar-refractivity contribution < 1.29 is 39.4 Å². The second-order valence-corrected chi connectivity index (χ2v) is 6.67. The minimum Gasteiger partial charge on any atom is -0.336 e. The van der Waals surface area contributed by atoms with E-state index < -0.39 is 34.3 Å². The van der Waals surface area contributed by atoms with Crippen LogP contribution in [0, 0.1) is 23.8 Å². The third kappa shape index (κ3) is 3.64. The topological polar surface area (TPSA) is 59.9 Å². The van der Waals surface area contributed by atoms with Gasteiger partial charge in [-0.2, -0.15) is 0 Å². The Balaban J connectivity index is 0.00000231. The number of ketones is 2. The standard InChI is InChI=1S/C24H10F2N2O2.Pt/c25-17-12-18(26)16-11-15(17)23(29)14-5-1-4-13(10-14)19-6-2-7-20(27-19)21-8-3-9-22(28-21)24(16)30;/h1-9,12H;/q-2;+2. The number of rotatable bonds is 0. The first-order chi connectivity index (χ1) is 14.5. The molecule has 0 fully saturated rings. The van der Waals surface area contributed by atoms with Crippen molar-refractivity contribution in [3.05, 3.63) is 107 Å². The van der Waals surface area contributed by atoms with Gasteiger partial charge in [-0.3, -0.25) is 18.7 Å². The van der Waals surface area contributed by atoms with E-state index in [2.05, 4.69) is 22.1 Å². The Morgan fingerprint density at radius 1 is 0.613 bits per heavy atom. The molecule has 0 atom stereocenters. The molecule has 0 spiro atoms. The largest absolute Gasteiger partial charge is 2.00 e. The van der Waals surface area contributed by atoms with Crippen molar-refractivity contribution in [2.24, 2.45) is 0 Å². The van der Waals surface area contributed by atoms with E-state index in [0.717, 1.165) is 0 Å². The molecule has 0 aliphatic carbocycles. The van der Waals surface area contributed by atoms with E-state index in [1.165, 1.54) is 12.1 Å². The maximum atomic E-state index is 14.4. The van der Waals surface area contributed by atoms with Crippen LogP contribution in [0.5, 0.6) is 0 Å². The van der Waals surface area contributed by atoms with E-state index in [1.54, 1.807) is 42.5 Å². The van der Waals surface area contributed by atoms with Gasteiger partial charge >= 0.3 is 21.1 Å². The summed E-state index contributed by atoms with van der Waals surface area (Å²) in [7, 11) is 0. The number of nitrogens with zero attached hydrogens (tertiary/aromatic N) is 2. The van der Waals surface area contributed by atoms with Gasteiger partial charge in [0.05, 0.1) is 28.7 Å². The SMILES string of the molecule is O=C1c2[c-]c(ccc2)-c2cccc(n2)-c2cccc(n2)C(=O)c2[c-]c1c(F)cc2F.[Pt+2]. The molecule has 0 saturated carbocycles. The quantitative estimate of drug-likeness (QED) is 0.250. The Morgan fingerprint density at radius 2 is 1.13 bits per heavy atom. The summed E-state index contributed by atoms with van der Waals surface area (Å²) in [6.07, 6.45) is 0. The molecule has 1 aliphatic heterocycles. The molecule has 0 N–H and O–H groups in total. The Bertz CT molecular complexity index is 1280. The van der Waals surface area contributed by atoms with Crippen LogP contribution in [0.25, 0.3) is 22.6 Å². The number of halogens is 2. The van der Waals surface area contributed by atoms with Crippen LogP contribution in [0.1, 0.15) is 32.0 Å². The summed E-state index contributed by atoms with van der Waals surface area (Å²) in [5.74, 6) is -3.80. The van der Waals surface area contributed by atoms with Crippen molar-refractivity contribution >= 4 is 11.6 Å². The molecule has 0 radical (unpaired) electrons. The summed E-state index contributed by atoms with van der Waals surface area (Å²) in [6.45, 7) is 0. The van der Waals surface area contributed by atoms with E-state index in [9.17, 15) is 18.4 Å². The fourth-order valence-corrected chi connectivity index (χ4v) is 3.28. The van der Waals surface area contributed by atoms with Gasteiger partial charge in [0.1, 0.15) is 11.6 Å². The Kier molecular flexibility index (Phi) is 5.42. The van der Waals surface area contributed by atoms with Crippen LogP contribution < -0.4 is 0 Å². The summed E-state index contributed by atoms with van der Waals surface area (Å²) < 4.78 is 28.8. The fraction of sp³-hybridized carbons (Fsp3) is 0. The van der Waals surface area contributed by atoms with E-state index in [4.69, 9.17) is 0 Å². The zero-order chi connectivity index (χ0) is 20.8. The van der Waals surface area contributed by atoms with Crippen molar-refractivity contribution in [2.75, 3.05) is 0 Å². The Hall–Kier alpha value is -3.37. The second-order valence-electron chi connectivity index (χ2n) is 6.67. The molecule has 3 heterocycles. The number of hydrogen-bond acceptors (Lipinski definition) is 4. The number of fused-ring (bicyclic) bond motifs is 10.